The molecule has 1 fully saturated rings. The Labute approximate surface area is 109 Å². The van der Waals surface area contributed by atoms with E-state index in [1.807, 2.05) is 0 Å². The second kappa shape index (κ2) is 4.90. The lowest BCUT2D eigenvalue weighted by molar-refractivity contribution is 0.177. The number of hydrogen-bond donors (Lipinski definition) is 2. The van der Waals surface area contributed by atoms with Gasteiger partial charge >= 0.3 is 0 Å². The highest BCUT2D eigenvalue weighted by molar-refractivity contribution is 5.83. The molecule has 0 amide bonds. The fourth-order valence-corrected chi connectivity index (χ4v) is 2.71. The van der Waals surface area contributed by atoms with Gasteiger partial charge < -0.3 is 15.0 Å². The Morgan fingerprint density at radius 3 is 2.95 bits per heavy atom. The molecule has 1 atom stereocenters. The molecule has 1 aromatic heterocycles. The van der Waals surface area contributed by atoms with E-state index in [1.54, 1.807) is 12.3 Å². The summed E-state index contributed by atoms with van der Waals surface area (Å²) in [7, 11) is 0. The molecule has 3 nitrogen and oxygen atoms in total. The van der Waals surface area contributed by atoms with Crippen LogP contribution in [0.15, 0.2) is 18.3 Å². The van der Waals surface area contributed by atoms with Crippen LogP contribution in [0.5, 0.6) is 0 Å². The minimum absolute atomic E-state index is 0.253. The third kappa shape index (κ3) is 2.35. The molecule has 5 heteroatoms. The van der Waals surface area contributed by atoms with Gasteiger partial charge in [-0.1, -0.05) is 0 Å². The number of halogens is 2. The van der Waals surface area contributed by atoms with E-state index in [2.05, 4.69) is 9.88 Å². The van der Waals surface area contributed by atoms with E-state index in [9.17, 15) is 13.9 Å². The average Bonchev–Trinajstić information content (AvgIpc) is 2.98. The summed E-state index contributed by atoms with van der Waals surface area (Å²) >= 11 is 0. The Morgan fingerprint density at radius 2 is 2.21 bits per heavy atom. The van der Waals surface area contributed by atoms with Gasteiger partial charge in [-0.25, -0.2) is 8.78 Å². The van der Waals surface area contributed by atoms with E-state index in [-0.39, 0.29) is 6.10 Å². The zero-order valence-corrected chi connectivity index (χ0v) is 10.5. The second-order valence-electron chi connectivity index (χ2n) is 5.09. The molecule has 0 aliphatic carbocycles. The smallest absolute Gasteiger partial charge is 0.168 e. The van der Waals surface area contributed by atoms with Gasteiger partial charge in [-0.3, -0.25) is 0 Å². The maximum Gasteiger partial charge on any atom is 0.168 e. The highest BCUT2D eigenvalue weighted by Gasteiger charge is 2.20. The molecule has 2 aromatic rings. The molecule has 102 valence electrons. The van der Waals surface area contributed by atoms with E-state index in [1.165, 1.54) is 0 Å². The summed E-state index contributed by atoms with van der Waals surface area (Å²) in [6.07, 6.45) is 2.92. The fraction of sp³-hybridized carbons (Fsp3) is 0.429. The third-order valence-electron chi connectivity index (χ3n) is 3.76. The lowest BCUT2D eigenvalue weighted by atomic mass is 10.1. The molecule has 1 aliphatic heterocycles. The molecular weight excluding hydrogens is 250 g/mol. The van der Waals surface area contributed by atoms with Gasteiger partial charge in [0.25, 0.3) is 0 Å². The van der Waals surface area contributed by atoms with Crippen molar-refractivity contribution in [3.05, 3.63) is 35.5 Å². The fourth-order valence-electron chi connectivity index (χ4n) is 2.71. The Hall–Kier alpha value is -1.46. The van der Waals surface area contributed by atoms with Gasteiger partial charge in [-0.05, 0) is 30.5 Å². The Balaban J connectivity index is 1.79. The van der Waals surface area contributed by atoms with Crippen molar-refractivity contribution >= 4 is 10.9 Å². The van der Waals surface area contributed by atoms with Crippen LogP contribution in [0.25, 0.3) is 10.9 Å². The van der Waals surface area contributed by atoms with Gasteiger partial charge in [0.2, 0.25) is 0 Å². The monoisotopic (exact) mass is 266 g/mol. The van der Waals surface area contributed by atoms with Gasteiger partial charge in [-0.15, -0.1) is 0 Å². The SMILES string of the molecule is OC1CCN(CCc2c[nH]c3ccc(F)c(F)c23)C1. The Morgan fingerprint density at radius 1 is 1.37 bits per heavy atom. The molecule has 1 aliphatic rings. The lowest BCUT2D eigenvalue weighted by Crippen LogP contribution is -2.24. The first-order valence-electron chi connectivity index (χ1n) is 6.49. The number of likely N-dealkylation sites (tertiary alicyclic amines) is 1. The van der Waals surface area contributed by atoms with E-state index in [0.717, 1.165) is 31.1 Å². The van der Waals surface area contributed by atoms with Crippen molar-refractivity contribution in [2.45, 2.75) is 18.9 Å². The molecule has 3 rings (SSSR count). The van der Waals surface area contributed by atoms with E-state index < -0.39 is 11.6 Å². The average molecular weight is 266 g/mol. The number of aromatic amines is 1. The van der Waals surface area contributed by atoms with Crippen LogP contribution in [0.3, 0.4) is 0 Å². The first kappa shape index (κ1) is 12.6. The summed E-state index contributed by atoms with van der Waals surface area (Å²) in [5.74, 6) is -1.60. The Bertz CT molecular complexity index is 596. The minimum atomic E-state index is -0.815. The molecule has 0 bridgehead atoms. The highest BCUT2D eigenvalue weighted by Crippen LogP contribution is 2.24. The van der Waals surface area contributed by atoms with Crippen LogP contribution >= 0.6 is 0 Å². The van der Waals surface area contributed by atoms with Gasteiger partial charge in [0.05, 0.1) is 6.10 Å². The van der Waals surface area contributed by atoms with Crippen molar-refractivity contribution in [2.75, 3.05) is 19.6 Å². The van der Waals surface area contributed by atoms with Crippen molar-refractivity contribution in [3.63, 3.8) is 0 Å². The van der Waals surface area contributed by atoms with Crippen LogP contribution in [0, 0.1) is 11.6 Å². The number of hydrogen-bond acceptors (Lipinski definition) is 2. The molecule has 0 spiro atoms. The number of aliphatic hydroxyl groups is 1. The maximum absolute atomic E-state index is 13.8. The summed E-state index contributed by atoms with van der Waals surface area (Å²) < 4.78 is 27.1. The zero-order valence-electron chi connectivity index (χ0n) is 10.5. The van der Waals surface area contributed by atoms with E-state index in [0.29, 0.717) is 23.9 Å². The maximum atomic E-state index is 13.8. The number of nitrogens with one attached hydrogen (secondary N) is 1. The van der Waals surface area contributed by atoms with Crippen molar-refractivity contribution < 1.29 is 13.9 Å². The standard InChI is InChI=1S/C14H16F2N2O/c15-11-1-2-12-13(14(11)16)9(7-17-12)3-5-18-6-4-10(19)8-18/h1-2,7,10,17,19H,3-6,8H2. The van der Waals surface area contributed by atoms with Gasteiger partial charge in [0.15, 0.2) is 11.6 Å². The topological polar surface area (TPSA) is 39.3 Å². The first-order chi connectivity index (χ1) is 9.15. The number of β-amino-alcohol motifs (C(OH)–C–C–N with tert-alkyl or cyclic N) is 1. The molecule has 19 heavy (non-hydrogen) atoms. The largest absolute Gasteiger partial charge is 0.392 e. The third-order valence-corrected chi connectivity index (χ3v) is 3.76. The van der Waals surface area contributed by atoms with Crippen LogP contribution in [0.1, 0.15) is 12.0 Å². The number of aromatic nitrogens is 1. The van der Waals surface area contributed by atoms with Crippen LogP contribution < -0.4 is 0 Å². The quantitative estimate of drug-likeness (QED) is 0.892. The summed E-state index contributed by atoms with van der Waals surface area (Å²) in [4.78, 5) is 5.11. The number of aliphatic hydroxyl groups excluding tert-OH is 1. The zero-order chi connectivity index (χ0) is 13.4. The van der Waals surface area contributed by atoms with Crippen LogP contribution in [-0.2, 0) is 6.42 Å². The number of benzene rings is 1. The summed E-state index contributed by atoms with van der Waals surface area (Å²) in [5, 5.41) is 9.80. The summed E-state index contributed by atoms with van der Waals surface area (Å²) in [6.45, 7) is 2.28. The van der Waals surface area contributed by atoms with Crippen molar-refractivity contribution in [2.24, 2.45) is 0 Å². The number of rotatable bonds is 3. The van der Waals surface area contributed by atoms with Crippen LogP contribution in [-0.4, -0.2) is 40.7 Å². The molecular formula is C14H16F2N2O. The van der Waals surface area contributed by atoms with E-state index in [4.69, 9.17) is 0 Å². The number of nitrogens with zero attached hydrogens (tertiary/aromatic N) is 1. The number of fused-ring (bicyclic) bond motifs is 1. The molecule has 1 unspecified atom stereocenters. The van der Waals surface area contributed by atoms with Crippen molar-refractivity contribution in [1.82, 2.24) is 9.88 Å². The predicted octanol–water partition coefficient (Wildman–Crippen LogP) is 2.06. The lowest BCUT2D eigenvalue weighted by Gasteiger charge is -2.14. The van der Waals surface area contributed by atoms with Crippen LogP contribution in [0.4, 0.5) is 8.78 Å². The summed E-state index contributed by atoms with van der Waals surface area (Å²) in [5.41, 5.74) is 1.41. The first-order valence-corrected chi connectivity index (χ1v) is 6.49. The summed E-state index contributed by atoms with van der Waals surface area (Å²) in [6, 6.07) is 2.69. The molecule has 1 saturated heterocycles. The van der Waals surface area contributed by atoms with Gasteiger partial charge in [0, 0.05) is 36.7 Å². The molecule has 1 aromatic carbocycles. The number of H-pyrrole nitrogens is 1. The molecule has 0 radical (unpaired) electrons. The Kier molecular flexibility index (Phi) is 3.24. The van der Waals surface area contributed by atoms with E-state index >= 15 is 0 Å². The van der Waals surface area contributed by atoms with Gasteiger partial charge in [-0.2, -0.15) is 0 Å². The van der Waals surface area contributed by atoms with Crippen molar-refractivity contribution in [1.29, 1.82) is 0 Å². The second-order valence-corrected chi connectivity index (χ2v) is 5.09. The van der Waals surface area contributed by atoms with Gasteiger partial charge in [0.1, 0.15) is 0 Å². The molecule has 2 N–H and O–H groups in total. The minimum Gasteiger partial charge on any atom is -0.392 e. The molecule has 2 heterocycles. The molecule has 0 saturated carbocycles. The predicted molar refractivity (Wildman–Crippen MR) is 69.0 cm³/mol. The normalized spacial score (nSPS) is 20.5. The highest BCUT2D eigenvalue weighted by atomic mass is 19.2. The van der Waals surface area contributed by atoms with Crippen LogP contribution in [0.2, 0.25) is 0 Å². The van der Waals surface area contributed by atoms with Crippen molar-refractivity contribution in [3.8, 4) is 0 Å².